The summed E-state index contributed by atoms with van der Waals surface area (Å²) in [6.45, 7) is 3.04. The standard InChI is InChI=1S/C21H29NO3/c1-13-2-3-17-18(6-13)20(24)22(19(17)23)4-5-25-21-10-14-7-15(11-21)9-16(8-14)12-21/h2,14-18H,3-12H2,1H3/t14?,15?,16?,17-,18+,21?/m0/s1. The van der Waals surface area contributed by atoms with Crippen molar-refractivity contribution in [2.75, 3.05) is 13.2 Å². The molecule has 1 heterocycles. The highest BCUT2D eigenvalue weighted by Crippen LogP contribution is 2.57. The van der Waals surface area contributed by atoms with E-state index in [1.54, 1.807) is 0 Å². The molecule has 5 aliphatic carbocycles. The average molecular weight is 343 g/mol. The molecule has 0 unspecified atom stereocenters. The first kappa shape index (κ1) is 16.0. The van der Waals surface area contributed by atoms with Crippen molar-refractivity contribution in [1.29, 1.82) is 0 Å². The Hall–Kier alpha value is -1.16. The van der Waals surface area contributed by atoms with Crippen LogP contribution in [0.4, 0.5) is 0 Å². The lowest BCUT2D eigenvalue weighted by atomic mass is 9.54. The number of carbonyl (C=O) groups excluding carboxylic acids is 2. The first-order valence-corrected chi connectivity index (χ1v) is 10.2. The van der Waals surface area contributed by atoms with E-state index in [4.69, 9.17) is 4.74 Å². The van der Waals surface area contributed by atoms with Gasteiger partial charge in [-0.1, -0.05) is 11.6 Å². The van der Waals surface area contributed by atoms with Gasteiger partial charge in [-0.3, -0.25) is 14.5 Å². The molecule has 25 heavy (non-hydrogen) atoms. The number of amides is 2. The van der Waals surface area contributed by atoms with Gasteiger partial charge in [-0.15, -0.1) is 0 Å². The van der Waals surface area contributed by atoms with Gasteiger partial charge in [0, 0.05) is 0 Å². The minimum atomic E-state index is -0.115. The van der Waals surface area contributed by atoms with Gasteiger partial charge in [0.25, 0.3) is 0 Å². The Kier molecular flexibility index (Phi) is 3.64. The van der Waals surface area contributed by atoms with Crippen LogP contribution < -0.4 is 0 Å². The third-order valence-corrected chi connectivity index (χ3v) is 7.62. The summed E-state index contributed by atoms with van der Waals surface area (Å²) in [7, 11) is 0. The van der Waals surface area contributed by atoms with Crippen molar-refractivity contribution >= 4 is 11.8 Å². The number of hydrogen-bond acceptors (Lipinski definition) is 3. The Morgan fingerprint density at radius 3 is 2.28 bits per heavy atom. The molecule has 4 heteroatoms. The predicted molar refractivity (Wildman–Crippen MR) is 93.5 cm³/mol. The van der Waals surface area contributed by atoms with Crippen molar-refractivity contribution in [3.63, 3.8) is 0 Å². The molecule has 4 saturated carbocycles. The van der Waals surface area contributed by atoms with Gasteiger partial charge in [-0.05, 0) is 76.0 Å². The Morgan fingerprint density at radius 1 is 1.04 bits per heavy atom. The van der Waals surface area contributed by atoms with Gasteiger partial charge < -0.3 is 4.74 Å². The van der Waals surface area contributed by atoms with Gasteiger partial charge in [-0.2, -0.15) is 0 Å². The zero-order chi connectivity index (χ0) is 17.2. The van der Waals surface area contributed by atoms with Gasteiger partial charge in [-0.25, -0.2) is 0 Å². The molecule has 4 bridgehead atoms. The van der Waals surface area contributed by atoms with Crippen molar-refractivity contribution in [3.05, 3.63) is 11.6 Å². The summed E-state index contributed by atoms with van der Waals surface area (Å²) < 4.78 is 6.42. The topological polar surface area (TPSA) is 46.6 Å². The number of ether oxygens (including phenoxy) is 1. The zero-order valence-electron chi connectivity index (χ0n) is 15.2. The van der Waals surface area contributed by atoms with Crippen molar-refractivity contribution < 1.29 is 14.3 Å². The quantitative estimate of drug-likeness (QED) is 0.581. The molecule has 2 atom stereocenters. The minimum Gasteiger partial charge on any atom is -0.373 e. The van der Waals surface area contributed by atoms with E-state index in [9.17, 15) is 9.59 Å². The number of rotatable bonds is 4. The highest BCUT2D eigenvalue weighted by Gasteiger charge is 2.52. The lowest BCUT2D eigenvalue weighted by Gasteiger charge is -2.56. The van der Waals surface area contributed by atoms with Gasteiger partial charge in [0.05, 0.1) is 30.6 Å². The van der Waals surface area contributed by atoms with Crippen LogP contribution in [0.5, 0.6) is 0 Å². The van der Waals surface area contributed by atoms with Crippen LogP contribution in [0.2, 0.25) is 0 Å². The van der Waals surface area contributed by atoms with E-state index in [2.05, 4.69) is 13.0 Å². The molecular weight excluding hydrogens is 314 g/mol. The Labute approximate surface area is 150 Å². The van der Waals surface area contributed by atoms with E-state index in [1.165, 1.54) is 49.0 Å². The molecule has 1 saturated heterocycles. The fraction of sp³-hybridized carbons (Fsp3) is 0.810. The fourth-order valence-corrected chi connectivity index (χ4v) is 6.89. The Bertz CT molecular complexity index is 602. The Balaban J connectivity index is 1.21. The summed E-state index contributed by atoms with van der Waals surface area (Å²) in [5.41, 5.74) is 1.31. The smallest absolute Gasteiger partial charge is 0.233 e. The molecule has 0 aromatic heterocycles. The number of carbonyl (C=O) groups is 2. The van der Waals surface area contributed by atoms with Crippen molar-refractivity contribution in [1.82, 2.24) is 4.90 Å². The van der Waals surface area contributed by atoms with Gasteiger partial charge in [0.2, 0.25) is 11.8 Å². The molecule has 5 fully saturated rings. The molecule has 0 aromatic carbocycles. The third kappa shape index (κ3) is 2.59. The Morgan fingerprint density at radius 2 is 1.64 bits per heavy atom. The number of imide groups is 1. The summed E-state index contributed by atoms with van der Waals surface area (Å²) in [5.74, 6) is 2.42. The van der Waals surface area contributed by atoms with Crippen LogP contribution in [0.15, 0.2) is 11.6 Å². The number of allylic oxidation sites excluding steroid dienone is 2. The third-order valence-electron chi connectivity index (χ3n) is 7.62. The number of nitrogens with zero attached hydrogens (tertiary/aromatic N) is 1. The monoisotopic (exact) mass is 343 g/mol. The average Bonchev–Trinajstić information content (AvgIpc) is 2.78. The summed E-state index contributed by atoms with van der Waals surface area (Å²) in [4.78, 5) is 26.8. The van der Waals surface area contributed by atoms with Crippen LogP contribution in [-0.2, 0) is 14.3 Å². The number of fused-ring (bicyclic) bond motifs is 1. The molecular formula is C21H29NO3. The molecule has 4 nitrogen and oxygen atoms in total. The maximum Gasteiger partial charge on any atom is 0.233 e. The van der Waals surface area contributed by atoms with Gasteiger partial charge in [0.1, 0.15) is 0 Å². The van der Waals surface area contributed by atoms with Crippen molar-refractivity contribution in [3.8, 4) is 0 Å². The molecule has 6 aliphatic rings. The lowest BCUT2D eigenvalue weighted by Crippen LogP contribution is -2.52. The largest absolute Gasteiger partial charge is 0.373 e. The zero-order valence-corrected chi connectivity index (χ0v) is 15.2. The summed E-state index contributed by atoms with van der Waals surface area (Å²) in [6.07, 6.45) is 11.4. The number of hydrogen-bond donors (Lipinski definition) is 0. The molecule has 6 rings (SSSR count). The van der Waals surface area contributed by atoms with Crippen molar-refractivity contribution in [2.24, 2.45) is 29.6 Å². The summed E-state index contributed by atoms with van der Waals surface area (Å²) >= 11 is 0. The second-order valence-corrected chi connectivity index (χ2v) is 9.48. The lowest BCUT2D eigenvalue weighted by molar-refractivity contribution is -0.167. The maximum absolute atomic E-state index is 12.7. The fourth-order valence-electron chi connectivity index (χ4n) is 6.89. The highest BCUT2D eigenvalue weighted by atomic mass is 16.5. The summed E-state index contributed by atoms with van der Waals surface area (Å²) in [6, 6.07) is 0. The minimum absolute atomic E-state index is 0.0351. The highest BCUT2D eigenvalue weighted by molar-refractivity contribution is 6.05. The molecule has 0 radical (unpaired) electrons. The maximum atomic E-state index is 12.7. The van der Waals surface area contributed by atoms with E-state index >= 15 is 0 Å². The SMILES string of the molecule is CC1=CC[C@@H]2C(=O)N(CCOC34CC5CC(CC(C5)C3)C4)C(=O)[C@@H]2C1. The molecule has 0 aromatic rings. The second-order valence-electron chi connectivity index (χ2n) is 9.48. The second kappa shape index (κ2) is 5.67. The van der Waals surface area contributed by atoms with Crippen LogP contribution in [0.1, 0.15) is 58.3 Å². The van der Waals surface area contributed by atoms with Crippen LogP contribution in [0, 0.1) is 29.6 Å². The van der Waals surface area contributed by atoms with E-state index < -0.39 is 0 Å². The van der Waals surface area contributed by atoms with Gasteiger partial charge in [0.15, 0.2) is 0 Å². The molecule has 2 amide bonds. The van der Waals surface area contributed by atoms with Crippen LogP contribution in [0.25, 0.3) is 0 Å². The van der Waals surface area contributed by atoms with Crippen LogP contribution in [0.3, 0.4) is 0 Å². The normalized spacial score (nSPS) is 45.1. The predicted octanol–water partition coefficient (Wildman–Crippen LogP) is 3.31. The van der Waals surface area contributed by atoms with E-state index in [0.717, 1.165) is 30.6 Å². The molecule has 0 N–H and O–H groups in total. The first-order valence-electron chi connectivity index (χ1n) is 10.2. The van der Waals surface area contributed by atoms with Gasteiger partial charge >= 0.3 is 0 Å². The van der Waals surface area contributed by atoms with Crippen LogP contribution in [-0.4, -0.2) is 35.5 Å². The summed E-state index contributed by atoms with van der Waals surface area (Å²) in [5, 5.41) is 0. The van der Waals surface area contributed by atoms with E-state index in [-0.39, 0.29) is 29.3 Å². The first-order chi connectivity index (χ1) is 12.0. The van der Waals surface area contributed by atoms with Crippen molar-refractivity contribution in [2.45, 2.75) is 63.9 Å². The van der Waals surface area contributed by atoms with Crippen LogP contribution >= 0.6 is 0 Å². The molecule has 136 valence electrons. The van der Waals surface area contributed by atoms with E-state index in [1.807, 2.05) is 0 Å². The molecule has 0 spiro atoms. The molecule has 1 aliphatic heterocycles. The number of likely N-dealkylation sites (tertiary alicyclic amines) is 1. The van der Waals surface area contributed by atoms with E-state index in [0.29, 0.717) is 13.2 Å².